The summed E-state index contributed by atoms with van der Waals surface area (Å²) < 4.78 is 10.6. The average Bonchev–Trinajstić information content (AvgIpc) is 2.67. The van der Waals surface area contributed by atoms with Crippen molar-refractivity contribution in [3.05, 3.63) is 65.2 Å². The average molecular weight is 382 g/mol. The molecule has 0 saturated heterocycles. The first-order valence-electron chi connectivity index (χ1n) is 8.85. The third-order valence-corrected chi connectivity index (χ3v) is 4.23. The summed E-state index contributed by atoms with van der Waals surface area (Å²) >= 11 is 0. The first kappa shape index (κ1) is 19.3. The van der Waals surface area contributed by atoms with Crippen LogP contribution in [0, 0.1) is 0 Å². The zero-order valence-electron chi connectivity index (χ0n) is 15.9. The molecular formula is C21H22N2O5. The Labute approximate surface area is 163 Å². The van der Waals surface area contributed by atoms with Crippen LogP contribution in [0.4, 0.5) is 4.79 Å². The highest BCUT2D eigenvalue weighted by Gasteiger charge is 2.35. The van der Waals surface area contributed by atoms with Crippen molar-refractivity contribution < 1.29 is 24.2 Å². The Morgan fingerprint density at radius 1 is 1.14 bits per heavy atom. The van der Waals surface area contributed by atoms with Gasteiger partial charge in [-0.25, -0.2) is 9.59 Å². The molecule has 1 aliphatic rings. The van der Waals surface area contributed by atoms with Gasteiger partial charge >= 0.3 is 12.0 Å². The van der Waals surface area contributed by atoms with Gasteiger partial charge < -0.3 is 25.2 Å². The molecule has 1 unspecified atom stereocenters. The van der Waals surface area contributed by atoms with Crippen LogP contribution in [0.15, 0.2) is 54.1 Å². The predicted molar refractivity (Wildman–Crippen MR) is 104 cm³/mol. The number of hydrogen-bond acceptors (Lipinski definition) is 5. The van der Waals surface area contributed by atoms with Gasteiger partial charge in [-0.05, 0) is 37.1 Å². The number of carbonyl (C=O) groups is 2. The van der Waals surface area contributed by atoms with Gasteiger partial charge in [0.2, 0.25) is 0 Å². The fourth-order valence-corrected chi connectivity index (χ4v) is 3.02. The van der Waals surface area contributed by atoms with Crippen molar-refractivity contribution in [3.63, 3.8) is 0 Å². The van der Waals surface area contributed by atoms with Gasteiger partial charge in [0, 0.05) is 0 Å². The van der Waals surface area contributed by atoms with Crippen molar-refractivity contribution in [1.82, 2.24) is 10.6 Å². The number of nitrogens with one attached hydrogen (secondary N) is 2. The van der Waals surface area contributed by atoms with Gasteiger partial charge in [0.25, 0.3) is 0 Å². The Balaban J connectivity index is 2.18. The van der Waals surface area contributed by atoms with Crippen LogP contribution in [0.3, 0.4) is 0 Å². The maximum absolute atomic E-state index is 13.0. The Morgan fingerprint density at radius 3 is 2.50 bits per heavy atom. The minimum absolute atomic E-state index is 0.0370. The molecule has 0 saturated carbocycles. The summed E-state index contributed by atoms with van der Waals surface area (Å²) in [6, 6.07) is 12.5. The van der Waals surface area contributed by atoms with E-state index in [1.165, 1.54) is 13.2 Å². The third kappa shape index (κ3) is 3.93. The molecule has 28 heavy (non-hydrogen) atoms. The van der Waals surface area contributed by atoms with Crippen LogP contribution >= 0.6 is 0 Å². The number of esters is 1. The second-order valence-corrected chi connectivity index (χ2v) is 6.57. The van der Waals surface area contributed by atoms with Crippen molar-refractivity contribution in [3.8, 4) is 11.5 Å². The summed E-state index contributed by atoms with van der Waals surface area (Å²) in [6.07, 6.45) is -0.329. The molecule has 0 aliphatic carbocycles. The van der Waals surface area contributed by atoms with E-state index in [4.69, 9.17) is 9.47 Å². The molecular weight excluding hydrogens is 360 g/mol. The molecule has 1 heterocycles. The van der Waals surface area contributed by atoms with E-state index < -0.39 is 18.0 Å². The highest BCUT2D eigenvalue weighted by Crippen LogP contribution is 2.36. The summed E-state index contributed by atoms with van der Waals surface area (Å²) in [4.78, 5) is 25.3. The number of rotatable bonds is 5. The Morgan fingerprint density at radius 2 is 1.86 bits per heavy atom. The Kier molecular flexibility index (Phi) is 5.54. The van der Waals surface area contributed by atoms with Gasteiger partial charge in [-0.3, -0.25) is 0 Å². The topological polar surface area (TPSA) is 96.9 Å². The lowest BCUT2D eigenvalue weighted by atomic mass is 9.92. The molecule has 0 bridgehead atoms. The van der Waals surface area contributed by atoms with Crippen molar-refractivity contribution in [2.75, 3.05) is 7.11 Å². The smallest absolute Gasteiger partial charge is 0.338 e. The molecule has 3 rings (SSSR count). The minimum atomic E-state index is -0.773. The quantitative estimate of drug-likeness (QED) is 0.691. The standard InChI is InChI=1S/C21H22N2O5/c1-12(2)28-20(25)17-18(13-7-5-4-6-8-13)22-21(26)23-19(17)14-9-10-15(24)16(11-14)27-3/h4-12,19,24H,1-3H3,(H2,22,23,26). The highest BCUT2D eigenvalue weighted by molar-refractivity contribution is 6.04. The molecule has 146 valence electrons. The minimum Gasteiger partial charge on any atom is -0.504 e. The number of carbonyl (C=O) groups excluding carboxylic acids is 2. The van der Waals surface area contributed by atoms with Crippen LogP contribution in [0.1, 0.15) is 31.0 Å². The zero-order valence-corrected chi connectivity index (χ0v) is 15.9. The third-order valence-electron chi connectivity index (χ3n) is 4.23. The van der Waals surface area contributed by atoms with Crippen LogP contribution < -0.4 is 15.4 Å². The lowest BCUT2D eigenvalue weighted by Crippen LogP contribution is -2.45. The van der Waals surface area contributed by atoms with E-state index in [0.29, 0.717) is 16.8 Å². The summed E-state index contributed by atoms with van der Waals surface area (Å²) in [6.45, 7) is 3.52. The first-order chi connectivity index (χ1) is 13.4. The number of urea groups is 1. The van der Waals surface area contributed by atoms with Crippen LogP contribution in [-0.4, -0.2) is 30.3 Å². The fourth-order valence-electron chi connectivity index (χ4n) is 3.02. The molecule has 0 aromatic heterocycles. The SMILES string of the molecule is COc1cc(C2NC(=O)NC(c3ccccc3)=C2C(=O)OC(C)C)ccc1O. The summed E-state index contributed by atoms with van der Waals surface area (Å²) in [7, 11) is 1.43. The van der Waals surface area contributed by atoms with Crippen molar-refractivity contribution in [2.45, 2.75) is 26.0 Å². The molecule has 2 aromatic rings. The molecule has 0 spiro atoms. The number of methoxy groups -OCH3 is 1. The number of benzene rings is 2. The van der Waals surface area contributed by atoms with Crippen LogP contribution in [0.25, 0.3) is 5.70 Å². The number of aromatic hydroxyl groups is 1. The lowest BCUT2D eigenvalue weighted by Gasteiger charge is -2.30. The molecule has 1 atom stereocenters. The number of phenolic OH excluding ortho intramolecular Hbond substituents is 1. The second-order valence-electron chi connectivity index (χ2n) is 6.57. The molecule has 1 aliphatic heterocycles. The van der Waals surface area contributed by atoms with E-state index in [1.807, 2.05) is 18.2 Å². The van der Waals surface area contributed by atoms with Gasteiger partial charge in [0.1, 0.15) is 0 Å². The number of hydrogen-bond donors (Lipinski definition) is 3. The van der Waals surface area contributed by atoms with Gasteiger partial charge in [-0.2, -0.15) is 0 Å². The van der Waals surface area contributed by atoms with E-state index in [9.17, 15) is 14.7 Å². The zero-order chi connectivity index (χ0) is 20.3. The maximum Gasteiger partial charge on any atom is 0.338 e. The highest BCUT2D eigenvalue weighted by atomic mass is 16.5. The number of amides is 2. The van der Waals surface area contributed by atoms with Gasteiger partial charge in [-0.15, -0.1) is 0 Å². The molecule has 2 amide bonds. The van der Waals surface area contributed by atoms with E-state index in [0.717, 1.165) is 0 Å². The fraction of sp³-hybridized carbons (Fsp3) is 0.238. The molecule has 3 N–H and O–H groups in total. The summed E-state index contributed by atoms with van der Waals surface area (Å²) in [5.41, 5.74) is 1.91. The normalized spacial score (nSPS) is 16.4. The molecule has 0 radical (unpaired) electrons. The molecule has 0 fully saturated rings. The van der Waals surface area contributed by atoms with E-state index >= 15 is 0 Å². The van der Waals surface area contributed by atoms with Crippen LogP contribution in [-0.2, 0) is 9.53 Å². The predicted octanol–water partition coefficient (Wildman–Crippen LogP) is 3.12. The maximum atomic E-state index is 13.0. The van der Waals surface area contributed by atoms with Gasteiger partial charge in [-0.1, -0.05) is 36.4 Å². The van der Waals surface area contributed by atoms with Crippen LogP contribution in [0.2, 0.25) is 0 Å². The van der Waals surface area contributed by atoms with E-state index in [-0.39, 0.29) is 23.2 Å². The monoisotopic (exact) mass is 382 g/mol. The van der Waals surface area contributed by atoms with Gasteiger partial charge in [0.15, 0.2) is 11.5 Å². The number of ether oxygens (including phenoxy) is 2. The molecule has 7 heteroatoms. The van der Waals surface area contributed by atoms with Gasteiger partial charge in [0.05, 0.1) is 30.5 Å². The lowest BCUT2D eigenvalue weighted by molar-refractivity contribution is -0.143. The summed E-state index contributed by atoms with van der Waals surface area (Å²) in [5.74, 6) is -0.341. The molecule has 7 nitrogen and oxygen atoms in total. The van der Waals surface area contributed by atoms with E-state index in [2.05, 4.69) is 10.6 Å². The second kappa shape index (κ2) is 8.04. The van der Waals surface area contributed by atoms with E-state index in [1.54, 1.807) is 38.1 Å². The van der Waals surface area contributed by atoms with Crippen molar-refractivity contribution in [1.29, 1.82) is 0 Å². The molecule has 2 aromatic carbocycles. The largest absolute Gasteiger partial charge is 0.504 e. The number of phenols is 1. The van der Waals surface area contributed by atoms with Crippen molar-refractivity contribution in [2.24, 2.45) is 0 Å². The van der Waals surface area contributed by atoms with Crippen molar-refractivity contribution >= 4 is 17.7 Å². The Bertz CT molecular complexity index is 922. The Hall–Kier alpha value is -3.48. The first-order valence-corrected chi connectivity index (χ1v) is 8.85. The van der Waals surface area contributed by atoms with Crippen LogP contribution in [0.5, 0.6) is 11.5 Å². The summed E-state index contributed by atoms with van der Waals surface area (Å²) in [5, 5.41) is 15.4.